The van der Waals surface area contributed by atoms with Crippen molar-refractivity contribution in [1.29, 1.82) is 0 Å². The van der Waals surface area contributed by atoms with Gasteiger partial charge in [0.25, 0.3) is 0 Å². The third-order valence-corrected chi connectivity index (χ3v) is 3.98. The smallest absolute Gasteiger partial charge is 0.241 e. The Labute approximate surface area is 115 Å². The van der Waals surface area contributed by atoms with Crippen LogP contribution in [0.4, 0.5) is 0 Å². The first kappa shape index (κ1) is 13.9. The molecular formula is C15H24ClNO. The molecule has 0 aliphatic heterocycles. The normalized spacial score (nSPS) is 25.5. The van der Waals surface area contributed by atoms with Crippen molar-refractivity contribution < 1.29 is 4.79 Å². The van der Waals surface area contributed by atoms with Crippen LogP contribution in [0.15, 0.2) is 11.8 Å². The van der Waals surface area contributed by atoms with E-state index in [-0.39, 0.29) is 22.6 Å². The lowest BCUT2D eigenvalue weighted by atomic mass is 9.68. The molecule has 0 aromatic carbocycles. The standard InChI is InChI=1S/C15H24ClNO/c1-14(2)7-12(8-15(3,4)10-14)17(11-5-6-11)13(18)9-16/h7,11H,5-6,8-10H2,1-4H3. The van der Waals surface area contributed by atoms with Crippen molar-refractivity contribution in [2.24, 2.45) is 10.8 Å². The van der Waals surface area contributed by atoms with Gasteiger partial charge in [0.05, 0.1) is 0 Å². The average Bonchev–Trinajstić information content (AvgIpc) is 2.97. The van der Waals surface area contributed by atoms with Gasteiger partial charge in [0.2, 0.25) is 5.91 Å². The summed E-state index contributed by atoms with van der Waals surface area (Å²) in [7, 11) is 0. The molecule has 0 saturated heterocycles. The second kappa shape index (κ2) is 4.56. The summed E-state index contributed by atoms with van der Waals surface area (Å²) in [6, 6.07) is 0.409. The minimum absolute atomic E-state index is 0.0684. The van der Waals surface area contributed by atoms with Gasteiger partial charge in [-0.3, -0.25) is 4.79 Å². The monoisotopic (exact) mass is 269 g/mol. The van der Waals surface area contributed by atoms with Crippen LogP contribution in [0.2, 0.25) is 0 Å². The minimum atomic E-state index is 0.0684. The molecule has 0 radical (unpaired) electrons. The summed E-state index contributed by atoms with van der Waals surface area (Å²) in [4.78, 5) is 14.0. The minimum Gasteiger partial charge on any atom is -0.312 e. The lowest BCUT2D eigenvalue weighted by molar-refractivity contribution is -0.127. The summed E-state index contributed by atoms with van der Waals surface area (Å²) in [6.45, 7) is 9.09. The van der Waals surface area contributed by atoms with Crippen LogP contribution in [0.5, 0.6) is 0 Å². The van der Waals surface area contributed by atoms with E-state index in [4.69, 9.17) is 11.6 Å². The van der Waals surface area contributed by atoms with E-state index >= 15 is 0 Å². The molecule has 0 spiro atoms. The van der Waals surface area contributed by atoms with Gasteiger partial charge in [0.15, 0.2) is 0 Å². The maximum Gasteiger partial charge on any atom is 0.241 e. The van der Waals surface area contributed by atoms with E-state index in [2.05, 4.69) is 33.8 Å². The molecule has 1 saturated carbocycles. The Hall–Kier alpha value is -0.500. The molecular weight excluding hydrogens is 246 g/mol. The van der Waals surface area contributed by atoms with Crippen LogP contribution in [0.25, 0.3) is 0 Å². The van der Waals surface area contributed by atoms with Crippen molar-refractivity contribution in [2.45, 2.75) is 59.4 Å². The number of alkyl halides is 1. The Bertz CT molecular complexity index is 380. The Morgan fingerprint density at radius 3 is 2.44 bits per heavy atom. The molecule has 0 N–H and O–H groups in total. The van der Waals surface area contributed by atoms with Crippen LogP contribution >= 0.6 is 11.6 Å². The molecule has 0 heterocycles. The highest BCUT2D eigenvalue weighted by Gasteiger charge is 2.40. The predicted octanol–water partition coefficient (Wildman–Crippen LogP) is 3.95. The van der Waals surface area contributed by atoms with Gasteiger partial charge in [0.1, 0.15) is 5.88 Å². The van der Waals surface area contributed by atoms with Gasteiger partial charge < -0.3 is 4.90 Å². The number of rotatable bonds is 3. The van der Waals surface area contributed by atoms with Crippen molar-refractivity contribution >= 4 is 17.5 Å². The number of nitrogens with zero attached hydrogens (tertiary/aromatic N) is 1. The predicted molar refractivity (Wildman–Crippen MR) is 75.5 cm³/mol. The summed E-state index contributed by atoms with van der Waals surface area (Å²) in [5, 5.41) is 0. The molecule has 2 rings (SSSR count). The van der Waals surface area contributed by atoms with Crippen molar-refractivity contribution in [3.63, 3.8) is 0 Å². The van der Waals surface area contributed by atoms with Crippen molar-refractivity contribution in [1.82, 2.24) is 4.90 Å². The molecule has 0 unspecified atom stereocenters. The topological polar surface area (TPSA) is 20.3 Å². The fourth-order valence-corrected chi connectivity index (χ4v) is 3.62. The highest BCUT2D eigenvalue weighted by molar-refractivity contribution is 6.27. The second-order valence-electron chi connectivity index (χ2n) is 7.27. The molecule has 0 atom stereocenters. The molecule has 1 amide bonds. The quantitative estimate of drug-likeness (QED) is 0.711. The molecule has 1 fully saturated rings. The maximum absolute atomic E-state index is 12.1. The Morgan fingerprint density at radius 2 is 2.00 bits per heavy atom. The fourth-order valence-electron chi connectivity index (χ4n) is 3.49. The summed E-state index contributed by atoms with van der Waals surface area (Å²) in [5.74, 6) is 0.160. The molecule has 0 aromatic heterocycles. The first-order chi connectivity index (χ1) is 8.24. The van der Waals surface area contributed by atoms with Crippen molar-refractivity contribution in [2.75, 3.05) is 5.88 Å². The lowest BCUT2D eigenvalue weighted by Crippen LogP contribution is -2.39. The number of carbonyl (C=O) groups excluding carboxylic acids is 1. The molecule has 2 nitrogen and oxygen atoms in total. The number of halogens is 1. The number of amides is 1. The first-order valence-corrected chi connectivity index (χ1v) is 7.37. The second-order valence-corrected chi connectivity index (χ2v) is 7.54. The van der Waals surface area contributed by atoms with Gasteiger partial charge in [-0.2, -0.15) is 0 Å². The van der Waals surface area contributed by atoms with Crippen LogP contribution in [-0.4, -0.2) is 22.7 Å². The highest BCUT2D eigenvalue weighted by Crippen LogP contribution is 2.47. The molecule has 102 valence electrons. The number of hydrogen-bond donors (Lipinski definition) is 0. The van der Waals surface area contributed by atoms with Crippen molar-refractivity contribution in [3.05, 3.63) is 11.8 Å². The van der Waals surface area contributed by atoms with Crippen LogP contribution < -0.4 is 0 Å². The summed E-state index contributed by atoms with van der Waals surface area (Å²) < 4.78 is 0. The van der Waals surface area contributed by atoms with Gasteiger partial charge in [-0.05, 0) is 36.5 Å². The third-order valence-electron chi connectivity index (χ3n) is 3.76. The zero-order chi connectivity index (χ0) is 13.6. The maximum atomic E-state index is 12.1. The van der Waals surface area contributed by atoms with Gasteiger partial charge in [-0.1, -0.05) is 33.8 Å². The molecule has 0 bridgehead atoms. The summed E-state index contributed by atoms with van der Waals surface area (Å²) in [6.07, 6.45) is 6.69. The van der Waals surface area contributed by atoms with Gasteiger partial charge in [-0.25, -0.2) is 0 Å². The van der Waals surface area contributed by atoms with Crippen LogP contribution in [0, 0.1) is 10.8 Å². The lowest BCUT2D eigenvalue weighted by Gasteiger charge is -2.42. The van der Waals surface area contributed by atoms with Crippen molar-refractivity contribution in [3.8, 4) is 0 Å². The number of carbonyl (C=O) groups is 1. The highest BCUT2D eigenvalue weighted by atomic mass is 35.5. The molecule has 18 heavy (non-hydrogen) atoms. The number of allylic oxidation sites excluding steroid dienone is 2. The van der Waals surface area contributed by atoms with Gasteiger partial charge >= 0.3 is 0 Å². The molecule has 2 aliphatic carbocycles. The van der Waals surface area contributed by atoms with E-state index in [0.717, 1.165) is 25.7 Å². The van der Waals surface area contributed by atoms with E-state index in [0.29, 0.717) is 6.04 Å². The van der Waals surface area contributed by atoms with E-state index < -0.39 is 0 Å². The van der Waals surface area contributed by atoms with Crippen LogP contribution in [-0.2, 0) is 4.79 Å². The zero-order valence-corrected chi connectivity index (χ0v) is 12.7. The van der Waals surface area contributed by atoms with E-state index in [1.807, 2.05) is 4.90 Å². The molecule has 2 aliphatic rings. The van der Waals surface area contributed by atoms with Gasteiger partial charge in [0, 0.05) is 11.7 Å². The fraction of sp³-hybridized carbons (Fsp3) is 0.800. The summed E-state index contributed by atoms with van der Waals surface area (Å²) in [5.41, 5.74) is 1.62. The number of hydrogen-bond acceptors (Lipinski definition) is 1. The SMILES string of the molecule is CC1(C)C=C(N(C(=O)CCl)C2CC2)CC(C)(C)C1. The largest absolute Gasteiger partial charge is 0.312 e. The van der Waals surface area contributed by atoms with Crippen LogP contribution in [0.1, 0.15) is 53.4 Å². The Kier molecular flexibility index (Phi) is 3.52. The van der Waals surface area contributed by atoms with E-state index in [1.165, 1.54) is 5.70 Å². The van der Waals surface area contributed by atoms with E-state index in [1.54, 1.807) is 0 Å². The molecule has 3 heteroatoms. The zero-order valence-electron chi connectivity index (χ0n) is 11.9. The average molecular weight is 270 g/mol. The Morgan fingerprint density at radius 1 is 1.39 bits per heavy atom. The van der Waals surface area contributed by atoms with Crippen LogP contribution in [0.3, 0.4) is 0 Å². The van der Waals surface area contributed by atoms with E-state index in [9.17, 15) is 4.79 Å². The summed E-state index contributed by atoms with van der Waals surface area (Å²) >= 11 is 5.76. The molecule has 0 aromatic rings. The third kappa shape index (κ3) is 3.09. The Balaban J connectivity index is 2.29. The van der Waals surface area contributed by atoms with Gasteiger partial charge in [-0.15, -0.1) is 11.6 Å². The first-order valence-electron chi connectivity index (χ1n) is 6.84.